The van der Waals surface area contributed by atoms with Crippen molar-refractivity contribution in [2.75, 3.05) is 10.6 Å². The van der Waals surface area contributed by atoms with Gasteiger partial charge >= 0.3 is 0 Å². The number of nitrogens with zero attached hydrogens (tertiary/aromatic N) is 2. The Bertz CT molecular complexity index is 929. The number of benzene rings is 1. The summed E-state index contributed by atoms with van der Waals surface area (Å²) >= 11 is 2.89. The fourth-order valence-electron chi connectivity index (χ4n) is 2.19. The molecular weight excluding hydrogens is 356 g/mol. The first-order valence-corrected chi connectivity index (χ1v) is 9.21. The summed E-state index contributed by atoms with van der Waals surface area (Å²) in [4.78, 5) is 32.3. The zero-order valence-corrected chi connectivity index (χ0v) is 15.5. The lowest BCUT2D eigenvalue weighted by atomic mass is 10.1. The number of hydrogen-bond acceptors (Lipinski definition) is 7. The third kappa shape index (κ3) is 4.09. The van der Waals surface area contributed by atoms with E-state index in [4.69, 9.17) is 0 Å². The highest BCUT2D eigenvalue weighted by molar-refractivity contribution is 7.20. The lowest BCUT2D eigenvalue weighted by molar-refractivity contribution is -0.114. The van der Waals surface area contributed by atoms with Gasteiger partial charge < -0.3 is 10.6 Å². The van der Waals surface area contributed by atoms with Crippen LogP contribution in [0.3, 0.4) is 0 Å². The summed E-state index contributed by atoms with van der Waals surface area (Å²) in [6, 6.07) is 7.27. The molecule has 25 heavy (non-hydrogen) atoms. The molecule has 0 bridgehead atoms. The lowest BCUT2D eigenvalue weighted by Crippen LogP contribution is -2.04. The Morgan fingerprint density at radius 2 is 1.76 bits per heavy atom. The molecule has 8 heteroatoms. The van der Waals surface area contributed by atoms with Gasteiger partial charge in [0.15, 0.2) is 16.0 Å². The molecule has 2 heterocycles. The highest BCUT2D eigenvalue weighted by atomic mass is 32.1. The van der Waals surface area contributed by atoms with Gasteiger partial charge in [-0.25, -0.2) is 9.97 Å². The first kappa shape index (κ1) is 17.2. The second-order valence-electron chi connectivity index (χ2n) is 5.41. The SMILES string of the molecule is CC(=O)Nc1nc(C)c(-c2csc(Nc3ccc(C(C)=O)cc3)n2)s1. The number of aromatic nitrogens is 2. The minimum Gasteiger partial charge on any atom is -0.332 e. The average Bonchev–Trinajstić information content (AvgIpc) is 3.13. The predicted molar refractivity (Wildman–Crippen MR) is 102 cm³/mol. The monoisotopic (exact) mass is 372 g/mol. The molecule has 0 saturated heterocycles. The number of amides is 1. The Labute approximate surface area is 153 Å². The number of rotatable bonds is 5. The molecule has 0 unspecified atom stereocenters. The number of carbonyl (C=O) groups is 2. The maximum atomic E-state index is 11.3. The highest BCUT2D eigenvalue weighted by Crippen LogP contribution is 2.35. The largest absolute Gasteiger partial charge is 0.332 e. The van der Waals surface area contributed by atoms with E-state index >= 15 is 0 Å². The van der Waals surface area contributed by atoms with Gasteiger partial charge in [0.2, 0.25) is 5.91 Å². The number of thiazole rings is 2. The fourth-order valence-corrected chi connectivity index (χ4v) is 3.95. The summed E-state index contributed by atoms with van der Waals surface area (Å²) in [6.07, 6.45) is 0. The van der Waals surface area contributed by atoms with E-state index in [0.29, 0.717) is 10.7 Å². The number of carbonyl (C=O) groups excluding carboxylic acids is 2. The molecule has 0 saturated carbocycles. The van der Waals surface area contributed by atoms with Crippen molar-refractivity contribution in [1.29, 1.82) is 0 Å². The number of Topliss-reactive ketones (excluding diaryl/α,β-unsaturated/α-hetero) is 1. The lowest BCUT2D eigenvalue weighted by Gasteiger charge is -2.03. The van der Waals surface area contributed by atoms with Crippen LogP contribution >= 0.6 is 22.7 Å². The first-order chi connectivity index (χ1) is 11.9. The van der Waals surface area contributed by atoms with Crippen LogP contribution in [0.5, 0.6) is 0 Å². The molecule has 2 N–H and O–H groups in total. The van der Waals surface area contributed by atoms with Crippen LogP contribution in [0, 0.1) is 6.92 Å². The van der Waals surface area contributed by atoms with Crippen LogP contribution in [0.15, 0.2) is 29.6 Å². The number of nitrogens with one attached hydrogen (secondary N) is 2. The van der Waals surface area contributed by atoms with Crippen molar-refractivity contribution in [3.05, 3.63) is 40.9 Å². The van der Waals surface area contributed by atoms with Crippen molar-refractivity contribution in [3.63, 3.8) is 0 Å². The van der Waals surface area contributed by atoms with Crippen LogP contribution in [0.1, 0.15) is 29.9 Å². The third-order valence-electron chi connectivity index (χ3n) is 3.36. The van der Waals surface area contributed by atoms with Crippen molar-refractivity contribution in [2.45, 2.75) is 20.8 Å². The molecular formula is C17H16N4O2S2. The molecule has 1 aromatic carbocycles. The zero-order chi connectivity index (χ0) is 18.0. The molecule has 0 radical (unpaired) electrons. The van der Waals surface area contributed by atoms with Crippen LogP contribution in [-0.2, 0) is 4.79 Å². The van der Waals surface area contributed by atoms with Gasteiger partial charge in [-0.15, -0.1) is 11.3 Å². The highest BCUT2D eigenvalue weighted by Gasteiger charge is 2.14. The van der Waals surface area contributed by atoms with Crippen LogP contribution in [-0.4, -0.2) is 21.7 Å². The maximum absolute atomic E-state index is 11.3. The van der Waals surface area contributed by atoms with Gasteiger partial charge in [0.1, 0.15) is 0 Å². The standard InChI is InChI=1S/C17H16N4O2S2/c1-9-15(25-17(18-9)19-11(3)23)14-8-24-16(21-14)20-13-6-4-12(5-7-13)10(2)22/h4-8H,1-3H3,(H,20,21)(H,18,19,23). The van der Waals surface area contributed by atoms with E-state index in [1.807, 2.05) is 24.4 Å². The van der Waals surface area contributed by atoms with Crippen molar-refractivity contribution in [1.82, 2.24) is 9.97 Å². The molecule has 0 aliphatic heterocycles. The van der Waals surface area contributed by atoms with Crippen LogP contribution in [0.25, 0.3) is 10.6 Å². The van der Waals surface area contributed by atoms with E-state index in [9.17, 15) is 9.59 Å². The minimum absolute atomic E-state index is 0.0405. The molecule has 0 aliphatic carbocycles. The second-order valence-corrected chi connectivity index (χ2v) is 7.27. The molecule has 0 atom stereocenters. The summed E-state index contributed by atoms with van der Waals surface area (Å²) in [6.45, 7) is 4.89. The molecule has 0 spiro atoms. The molecule has 128 valence electrons. The molecule has 0 aliphatic rings. The molecule has 3 aromatic rings. The second kappa shape index (κ2) is 7.12. The summed E-state index contributed by atoms with van der Waals surface area (Å²) in [5.41, 5.74) is 3.19. The van der Waals surface area contributed by atoms with E-state index in [0.717, 1.165) is 27.1 Å². The van der Waals surface area contributed by atoms with Crippen LogP contribution < -0.4 is 10.6 Å². The minimum atomic E-state index is -0.144. The van der Waals surface area contributed by atoms with E-state index in [1.165, 1.54) is 29.6 Å². The first-order valence-electron chi connectivity index (χ1n) is 7.51. The molecule has 6 nitrogen and oxygen atoms in total. The van der Waals surface area contributed by atoms with Crippen molar-refractivity contribution in [2.24, 2.45) is 0 Å². The third-order valence-corrected chi connectivity index (χ3v) is 5.21. The van der Waals surface area contributed by atoms with E-state index in [2.05, 4.69) is 20.6 Å². The Morgan fingerprint density at radius 3 is 2.40 bits per heavy atom. The summed E-state index contributed by atoms with van der Waals surface area (Å²) in [5.74, 6) is -0.103. The number of ketones is 1. The van der Waals surface area contributed by atoms with E-state index in [-0.39, 0.29) is 11.7 Å². The molecule has 2 aromatic heterocycles. The zero-order valence-electron chi connectivity index (χ0n) is 13.9. The smallest absolute Gasteiger partial charge is 0.223 e. The van der Waals surface area contributed by atoms with Gasteiger partial charge in [0.05, 0.1) is 16.3 Å². The van der Waals surface area contributed by atoms with Crippen molar-refractivity contribution in [3.8, 4) is 10.6 Å². The molecule has 1 amide bonds. The van der Waals surface area contributed by atoms with Gasteiger partial charge in [0, 0.05) is 23.6 Å². The van der Waals surface area contributed by atoms with Gasteiger partial charge in [0.25, 0.3) is 0 Å². The average molecular weight is 372 g/mol. The Morgan fingerprint density at radius 1 is 1.04 bits per heavy atom. The van der Waals surface area contributed by atoms with Gasteiger partial charge in [-0.1, -0.05) is 11.3 Å². The summed E-state index contributed by atoms with van der Waals surface area (Å²) in [7, 11) is 0. The topological polar surface area (TPSA) is 84.0 Å². The Balaban J connectivity index is 1.77. The van der Waals surface area contributed by atoms with Crippen molar-refractivity contribution >= 4 is 50.3 Å². The van der Waals surface area contributed by atoms with Crippen LogP contribution in [0.2, 0.25) is 0 Å². The van der Waals surface area contributed by atoms with Crippen LogP contribution in [0.4, 0.5) is 16.0 Å². The Kier molecular flexibility index (Phi) is 4.91. The fraction of sp³-hybridized carbons (Fsp3) is 0.176. The maximum Gasteiger partial charge on any atom is 0.223 e. The number of aryl methyl sites for hydroxylation is 1. The molecule has 3 rings (SSSR count). The van der Waals surface area contributed by atoms with E-state index in [1.54, 1.807) is 19.1 Å². The summed E-state index contributed by atoms with van der Waals surface area (Å²) < 4.78 is 0. The molecule has 0 fully saturated rings. The predicted octanol–water partition coefficient (Wildman–Crippen LogP) is 4.48. The normalized spacial score (nSPS) is 10.5. The van der Waals surface area contributed by atoms with Crippen molar-refractivity contribution < 1.29 is 9.59 Å². The number of hydrogen-bond donors (Lipinski definition) is 2. The van der Waals surface area contributed by atoms with Gasteiger partial charge in [-0.2, -0.15) is 0 Å². The summed E-state index contributed by atoms with van der Waals surface area (Å²) in [5, 5.41) is 9.20. The van der Waals surface area contributed by atoms with E-state index < -0.39 is 0 Å². The Hall–Kier alpha value is -2.58. The quantitative estimate of drug-likeness (QED) is 0.645. The number of anilines is 3. The van der Waals surface area contributed by atoms with Gasteiger partial charge in [-0.05, 0) is 38.1 Å². The van der Waals surface area contributed by atoms with Gasteiger partial charge in [-0.3, -0.25) is 9.59 Å².